The Kier molecular flexibility index (Phi) is 8.70. The Labute approximate surface area is 208 Å². The molecule has 0 aliphatic carbocycles. The van der Waals surface area contributed by atoms with E-state index in [2.05, 4.69) is 10.1 Å². The maximum Gasteiger partial charge on any atom is 0.317 e. The summed E-state index contributed by atoms with van der Waals surface area (Å²) in [5.74, 6) is -0.429. The monoisotopic (exact) mass is 497 g/mol. The molecule has 9 heteroatoms. The van der Waals surface area contributed by atoms with Crippen molar-refractivity contribution in [2.24, 2.45) is 0 Å². The fourth-order valence-corrected chi connectivity index (χ4v) is 3.81. The normalized spacial score (nSPS) is 10.9. The molecule has 0 saturated heterocycles. The minimum absolute atomic E-state index is 0. The van der Waals surface area contributed by atoms with E-state index < -0.39 is 5.97 Å². The van der Waals surface area contributed by atoms with Crippen molar-refractivity contribution in [3.05, 3.63) is 83.7 Å². The summed E-state index contributed by atoms with van der Waals surface area (Å²) in [6.45, 7) is 0.719. The van der Waals surface area contributed by atoms with E-state index in [-0.39, 0.29) is 24.8 Å². The Morgan fingerprint density at radius 2 is 1.86 bits per heavy atom. The number of hydrogen-bond donors (Lipinski definition) is 1. The second-order valence-electron chi connectivity index (χ2n) is 7.97. The number of likely N-dealkylation sites (N-methyl/N-ethyl adjacent to an activating group) is 1. The maximum atomic E-state index is 14.4. The van der Waals surface area contributed by atoms with Crippen LogP contribution in [0.2, 0.25) is 0 Å². The Hall–Kier alpha value is -3.59. The summed E-state index contributed by atoms with van der Waals surface area (Å²) in [5, 5.41) is 13.1. The van der Waals surface area contributed by atoms with Crippen molar-refractivity contribution in [3.8, 4) is 34.0 Å². The number of aliphatic carboxylic acids is 1. The number of carbonyl (C=O) groups is 1. The van der Waals surface area contributed by atoms with Crippen molar-refractivity contribution in [1.29, 1.82) is 0 Å². The van der Waals surface area contributed by atoms with Gasteiger partial charge in [0.05, 0.1) is 13.2 Å². The van der Waals surface area contributed by atoms with Crippen molar-refractivity contribution >= 4 is 18.4 Å². The van der Waals surface area contributed by atoms with Crippen LogP contribution in [0.1, 0.15) is 11.1 Å². The maximum absolute atomic E-state index is 14.4. The van der Waals surface area contributed by atoms with Gasteiger partial charge in [0.15, 0.2) is 0 Å². The van der Waals surface area contributed by atoms with Gasteiger partial charge in [0.1, 0.15) is 5.82 Å². The third kappa shape index (κ3) is 6.30. The SMILES string of the molecule is COCc1cc(-c2nc(-c3cccc(CN(C)CC(=O)O)c3)no2)ccc1-c1ccccc1F.Cl. The predicted molar refractivity (Wildman–Crippen MR) is 132 cm³/mol. The zero-order valence-electron chi connectivity index (χ0n) is 19.3. The Bertz CT molecular complexity index is 1310. The summed E-state index contributed by atoms with van der Waals surface area (Å²) < 4.78 is 25.2. The molecule has 0 fully saturated rings. The summed E-state index contributed by atoms with van der Waals surface area (Å²) in [7, 11) is 3.33. The van der Waals surface area contributed by atoms with Gasteiger partial charge < -0.3 is 14.4 Å². The van der Waals surface area contributed by atoms with Gasteiger partial charge in [-0.2, -0.15) is 4.98 Å². The van der Waals surface area contributed by atoms with E-state index in [4.69, 9.17) is 14.4 Å². The average molecular weight is 498 g/mol. The number of carboxylic acid groups (broad SMARTS) is 1. The van der Waals surface area contributed by atoms with Gasteiger partial charge in [-0.05, 0) is 48.0 Å². The first-order chi connectivity index (χ1) is 16.4. The molecular weight excluding hydrogens is 473 g/mol. The van der Waals surface area contributed by atoms with Crippen molar-refractivity contribution < 1.29 is 23.6 Å². The van der Waals surface area contributed by atoms with Crippen LogP contribution < -0.4 is 0 Å². The van der Waals surface area contributed by atoms with Gasteiger partial charge in [-0.25, -0.2) is 4.39 Å². The first kappa shape index (κ1) is 26.0. The van der Waals surface area contributed by atoms with Crippen molar-refractivity contribution in [1.82, 2.24) is 15.0 Å². The highest BCUT2D eigenvalue weighted by molar-refractivity contribution is 5.85. The molecule has 0 bridgehead atoms. The third-order valence-corrected chi connectivity index (χ3v) is 5.28. The number of nitrogens with zero attached hydrogens (tertiary/aromatic N) is 3. The van der Waals surface area contributed by atoms with Gasteiger partial charge in [0.2, 0.25) is 5.82 Å². The highest BCUT2D eigenvalue weighted by atomic mass is 35.5. The van der Waals surface area contributed by atoms with Gasteiger partial charge in [-0.15, -0.1) is 12.4 Å². The number of methoxy groups -OCH3 is 1. The number of benzene rings is 3. The van der Waals surface area contributed by atoms with Crippen LogP contribution in [0.4, 0.5) is 4.39 Å². The quantitative estimate of drug-likeness (QED) is 0.336. The molecule has 1 aromatic heterocycles. The van der Waals surface area contributed by atoms with Crippen LogP contribution >= 0.6 is 12.4 Å². The van der Waals surface area contributed by atoms with E-state index in [1.165, 1.54) is 6.07 Å². The zero-order valence-corrected chi connectivity index (χ0v) is 20.1. The number of hydrogen-bond acceptors (Lipinski definition) is 6. The van der Waals surface area contributed by atoms with Crippen molar-refractivity contribution in [2.45, 2.75) is 13.2 Å². The number of halogens is 2. The molecule has 3 aromatic carbocycles. The van der Waals surface area contributed by atoms with Crippen LogP contribution in [0, 0.1) is 5.82 Å². The minimum atomic E-state index is -0.879. The van der Waals surface area contributed by atoms with Gasteiger partial charge in [-0.1, -0.05) is 47.6 Å². The Balaban J connectivity index is 0.00000342. The van der Waals surface area contributed by atoms with Gasteiger partial charge in [-0.3, -0.25) is 9.69 Å². The molecular formula is C26H25ClFN3O4. The molecule has 182 valence electrons. The molecule has 1 N–H and O–H groups in total. The Morgan fingerprint density at radius 3 is 2.60 bits per heavy atom. The van der Waals surface area contributed by atoms with E-state index in [9.17, 15) is 9.18 Å². The molecule has 0 amide bonds. The summed E-state index contributed by atoms with van der Waals surface area (Å²) >= 11 is 0. The highest BCUT2D eigenvalue weighted by Gasteiger charge is 2.16. The number of carboxylic acids is 1. The van der Waals surface area contributed by atoms with Crippen LogP contribution in [0.25, 0.3) is 34.0 Å². The first-order valence-corrected chi connectivity index (χ1v) is 10.6. The summed E-state index contributed by atoms with van der Waals surface area (Å²) in [5.41, 5.74) is 4.43. The molecule has 0 aliphatic heterocycles. The minimum Gasteiger partial charge on any atom is -0.480 e. The number of ether oxygens (including phenoxy) is 1. The average Bonchev–Trinajstić information content (AvgIpc) is 3.30. The zero-order chi connectivity index (χ0) is 24.1. The smallest absolute Gasteiger partial charge is 0.317 e. The molecule has 0 spiro atoms. The van der Waals surface area contributed by atoms with Gasteiger partial charge in [0, 0.05) is 30.3 Å². The summed E-state index contributed by atoms with van der Waals surface area (Å²) in [6.07, 6.45) is 0. The topological polar surface area (TPSA) is 88.7 Å². The van der Waals surface area contributed by atoms with E-state index in [1.807, 2.05) is 42.5 Å². The second kappa shape index (κ2) is 11.7. The van der Waals surface area contributed by atoms with Crippen LogP contribution in [-0.4, -0.2) is 46.8 Å². The molecule has 35 heavy (non-hydrogen) atoms. The lowest BCUT2D eigenvalue weighted by Gasteiger charge is -2.14. The summed E-state index contributed by atoms with van der Waals surface area (Å²) in [4.78, 5) is 17.2. The fourth-order valence-electron chi connectivity index (χ4n) is 3.81. The highest BCUT2D eigenvalue weighted by Crippen LogP contribution is 2.31. The van der Waals surface area contributed by atoms with E-state index in [0.717, 1.165) is 22.3 Å². The van der Waals surface area contributed by atoms with E-state index >= 15 is 0 Å². The number of aromatic nitrogens is 2. The first-order valence-electron chi connectivity index (χ1n) is 10.6. The van der Waals surface area contributed by atoms with Crippen molar-refractivity contribution in [3.63, 3.8) is 0 Å². The number of rotatable bonds is 9. The van der Waals surface area contributed by atoms with Gasteiger partial charge in [0.25, 0.3) is 5.89 Å². The lowest BCUT2D eigenvalue weighted by Crippen LogP contribution is -2.25. The fraction of sp³-hybridized carbons (Fsp3) is 0.192. The van der Waals surface area contributed by atoms with Crippen LogP contribution in [-0.2, 0) is 22.7 Å². The second-order valence-corrected chi connectivity index (χ2v) is 7.97. The molecule has 4 rings (SSSR count). The van der Waals surface area contributed by atoms with Crippen molar-refractivity contribution in [2.75, 3.05) is 20.7 Å². The molecule has 0 saturated carbocycles. The predicted octanol–water partition coefficient (Wildman–Crippen LogP) is 5.29. The van der Waals surface area contributed by atoms with Crippen LogP contribution in [0.5, 0.6) is 0 Å². The third-order valence-electron chi connectivity index (χ3n) is 5.28. The van der Waals surface area contributed by atoms with Crippen LogP contribution in [0.15, 0.2) is 71.3 Å². The van der Waals surface area contributed by atoms with E-state index in [1.54, 1.807) is 37.3 Å². The standard InChI is InChI=1S/C26H24FN3O4.ClH/c1-30(15-24(31)32)14-17-6-5-7-18(12-17)25-28-26(34-29-25)19-10-11-21(20(13-19)16-33-2)22-8-3-4-9-23(22)27;/h3-13H,14-16H2,1-2H3,(H,31,32);1H. The van der Waals surface area contributed by atoms with Crippen LogP contribution in [0.3, 0.4) is 0 Å². The molecule has 0 unspecified atom stereocenters. The molecule has 4 aromatic rings. The molecule has 1 heterocycles. The largest absolute Gasteiger partial charge is 0.480 e. The van der Waals surface area contributed by atoms with Gasteiger partial charge >= 0.3 is 5.97 Å². The summed E-state index contributed by atoms with van der Waals surface area (Å²) in [6, 6.07) is 19.7. The lowest BCUT2D eigenvalue weighted by molar-refractivity contribution is -0.138. The van der Waals surface area contributed by atoms with E-state index in [0.29, 0.717) is 36.0 Å². The molecule has 0 aliphatic rings. The molecule has 0 radical (unpaired) electrons. The molecule has 7 nitrogen and oxygen atoms in total. The lowest BCUT2D eigenvalue weighted by atomic mass is 9.97. The Morgan fingerprint density at radius 1 is 1.06 bits per heavy atom. The molecule has 0 atom stereocenters.